The summed E-state index contributed by atoms with van der Waals surface area (Å²) in [5.74, 6) is 3.44. The minimum absolute atomic E-state index is 0.233. The van der Waals surface area contributed by atoms with E-state index in [0.29, 0.717) is 12.2 Å². The quantitative estimate of drug-likeness (QED) is 0.476. The lowest BCUT2D eigenvalue weighted by Gasteiger charge is -2.06. The molecule has 2 aromatic rings. The van der Waals surface area contributed by atoms with Gasteiger partial charge in [-0.25, -0.2) is 0 Å². The molecule has 0 aliphatic heterocycles. The monoisotopic (exact) mass is 280 g/mol. The molecule has 0 saturated carbocycles. The second-order valence-corrected chi connectivity index (χ2v) is 4.43. The molecule has 0 N–H and O–H groups in total. The van der Waals surface area contributed by atoms with E-state index < -0.39 is 0 Å². The van der Waals surface area contributed by atoms with Crippen molar-refractivity contribution in [3.63, 3.8) is 0 Å². The summed E-state index contributed by atoms with van der Waals surface area (Å²) in [4.78, 5) is 11.5. The molecule has 3 heteroatoms. The molecule has 3 nitrogen and oxygen atoms in total. The number of terminal acetylenes is 1. The molecule has 0 saturated heterocycles. The normalized spacial score (nSPS) is 9.71. The van der Waals surface area contributed by atoms with Crippen LogP contribution in [-0.2, 0) is 4.79 Å². The average Bonchev–Trinajstić information content (AvgIpc) is 2.54. The SMILES string of the molecule is C#CCCC(=O)Oc1ccc(-c2ccc(OC)cc2)cc1. The van der Waals surface area contributed by atoms with Crippen molar-refractivity contribution >= 4 is 5.97 Å². The molecule has 0 heterocycles. The van der Waals surface area contributed by atoms with Gasteiger partial charge >= 0.3 is 5.97 Å². The number of carbonyl (C=O) groups excluding carboxylic acids is 1. The van der Waals surface area contributed by atoms with E-state index in [0.717, 1.165) is 16.9 Å². The maximum Gasteiger partial charge on any atom is 0.312 e. The van der Waals surface area contributed by atoms with Gasteiger partial charge in [0.05, 0.1) is 13.5 Å². The van der Waals surface area contributed by atoms with Gasteiger partial charge < -0.3 is 9.47 Å². The van der Waals surface area contributed by atoms with Crippen LogP contribution in [0.5, 0.6) is 11.5 Å². The van der Waals surface area contributed by atoms with Crippen LogP contribution in [0.15, 0.2) is 48.5 Å². The van der Waals surface area contributed by atoms with Gasteiger partial charge in [-0.05, 0) is 35.4 Å². The summed E-state index contributed by atoms with van der Waals surface area (Å²) in [5, 5.41) is 0. The van der Waals surface area contributed by atoms with Crippen molar-refractivity contribution in [1.82, 2.24) is 0 Å². The maximum absolute atomic E-state index is 11.5. The summed E-state index contributed by atoms with van der Waals surface area (Å²) >= 11 is 0. The zero-order chi connectivity index (χ0) is 15.1. The lowest BCUT2D eigenvalue weighted by Crippen LogP contribution is -2.06. The molecule has 0 aliphatic rings. The van der Waals surface area contributed by atoms with Crippen LogP contribution in [0.1, 0.15) is 12.8 Å². The van der Waals surface area contributed by atoms with Crippen LogP contribution in [0.25, 0.3) is 11.1 Å². The van der Waals surface area contributed by atoms with E-state index in [1.807, 2.05) is 36.4 Å². The molecule has 21 heavy (non-hydrogen) atoms. The molecule has 0 fully saturated rings. The van der Waals surface area contributed by atoms with Gasteiger partial charge in [0.1, 0.15) is 11.5 Å². The predicted molar refractivity (Wildman–Crippen MR) is 82.1 cm³/mol. The van der Waals surface area contributed by atoms with Gasteiger partial charge in [0.15, 0.2) is 0 Å². The fourth-order valence-electron chi connectivity index (χ4n) is 1.86. The number of benzene rings is 2. The van der Waals surface area contributed by atoms with Crippen molar-refractivity contribution in [3.8, 4) is 35.0 Å². The maximum atomic E-state index is 11.5. The first-order chi connectivity index (χ1) is 10.2. The molecule has 0 radical (unpaired) electrons. The van der Waals surface area contributed by atoms with Crippen molar-refractivity contribution in [1.29, 1.82) is 0 Å². The first kappa shape index (κ1) is 14.7. The van der Waals surface area contributed by atoms with E-state index in [-0.39, 0.29) is 12.4 Å². The Morgan fingerprint density at radius 2 is 1.52 bits per heavy atom. The number of hydrogen-bond acceptors (Lipinski definition) is 3. The largest absolute Gasteiger partial charge is 0.497 e. The van der Waals surface area contributed by atoms with Crippen molar-refractivity contribution in [2.24, 2.45) is 0 Å². The molecule has 2 aromatic carbocycles. The molecule has 0 spiro atoms. The van der Waals surface area contributed by atoms with E-state index >= 15 is 0 Å². The van der Waals surface area contributed by atoms with Crippen LogP contribution >= 0.6 is 0 Å². The highest BCUT2D eigenvalue weighted by Gasteiger charge is 2.04. The zero-order valence-corrected chi connectivity index (χ0v) is 11.8. The summed E-state index contributed by atoms with van der Waals surface area (Å²) in [6.45, 7) is 0. The minimum atomic E-state index is -0.315. The summed E-state index contributed by atoms with van der Waals surface area (Å²) in [7, 11) is 1.64. The smallest absolute Gasteiger partial charge is 0.312 e. The van der Waals surface area contributed by atoms with Gasteiger partial charge in [0, 0.05) is 6.42 Å². The second kappa shape index (κ2) is 7.16. The first-order valence-corrected chi connectivity index (χ1v) is 6.61. The number of ether oxygens (including phenoxy) is 2. The van der Waals surface area contributed by atoms with Crippen LogP contribution in [0.3, 0.4) is 0 Å². The van der Waals surface area contributed by atoms with Gasteiger partial charge in [-0.1, -0.05) is 24.3 Å². The molecule has 0 atom stereocenters. The Kier molecular flexibility index (Phi) is 5.00. The van der Waals surface area contributed by atoms with E-state index in [4.69, 9.17) is 15.9 Å². The molecule has 0 aliphatic carbocycles. The first-order valence-electron chi connectivity index (χ1n) is 6.61. The average molecular weight is 280 g/mol. The van der Waals surface area contributed by atoms with Gasteiger partial charge in [0.2, 0.25) is 0 Å². The second-order valence-electron chi connectivity index (χ2n) is 4.43. The fraction of sp³-hybridized carbons (Fsp3) is 0.167. The molecular weight excluding hydrogens is 264 g/mol. The molecule has 0 amide bonds. The highest BCUT2D eigenvalue weighted by atomic mass is 16.5. The Hall–Kier alpha value is -2.73. The highest BCUT2D eigenvalue weighted by molar-refractivity contribution is 5.73. The van der Waals surface area contributed by atoms with E-state index in [1.165, 1.54) is 0 Å². The van der Waals surface area contributed by atoms with E-state index in [1.54, 1.807) is 19.2 Å². The third-order valence-corrected chi connectivity index (χ3v) is 2.98. The van der Waals surface area contributed by atoms with Crippen LogP contribution < -0.4 is 9.47 Å². The van der Waals surface area contributed by atoms with Crippen molar-refractivity contribution < 1.29 is 14.3 Å². The molecule has 0 aromatic heterocycles. The van der Waals surface area contributed by atoms with Gasteiger partial charge in [-0.3, -0.25) is 4.79 Å². The van der Waals surface area contributed by atoms with Crippen molar-refractivity contribution in [3.05, 3.63) is 48.5 Å². The van der Waals surface area contributed by atoms with Crippen LogP contribution in [0, 0.1) is 12.3 Å². The molecular formula is C18H16O3. The van der Waals surface area contributed by atoms with Gasteiger partial charge in [-0.15, -0.1) is 12.3 Å². The number of methoxy groups -OCH3 is 1. The lowest BCUT2D eigenvalue weighted by atomic mass is 10.1. The van der Waals surface area contributed by atoms with Gasteiger partial charge in [0.25, 0.3) is 0 Å². The van der Waals surface area contributed by atoms with Crippen LogP contribution in [0.2, 0.25) is 0 Å². The van der Waals surface area contributed by atoms with E-state index in [9.17, 15) is 4.79 Å². The third-order valence-electron chi connectivity index (χ3n) is 2.98. The van der Waals surface area contributed by atoms with Crippen molar-refractivity contribution in [2.75, 3.05) is 7.11 Å². The Morgan fingerprint density at radius 1 is 1.00 bits per heavy atom. The Bertz CT molecular complexity index is 634. The summed E-state index contributed by atoms with van der Waals surface area (Å²) < 4.78 is 10.3. The predicted octanol–water partition coefficient (Wildman–Crippen LogP) is 3.68. The Labute approximate surface area is 124 Å². The van der Waals surface area contributed by atoms with Crippen LogP contribution in [-0.4, -0.2) is 13.1 Å². The summed E-state index contributed by atoms with van der Waals surface area (Å²) in [6.07, 6.45) is 5.73. The number of rotatable bonds is 5. The minimum Gasteiger partial charge on any atom is -0.497 e. The molecule has 2 rings (SSSR count). The fourth-order valence-corrected chi connectivity index (χ4v) is 1.86. The molecule has 0 unspecified atom stereocenters. The Balaban J connectivity index is 2.04. The molecule has 0 bridgehead atoms. The highest BCUT2D eigenvalue weighted by Crippen LogP contribution is 2.24. The number of esters is 1. The molecule has 106 valence electrons. The van der Waals surface area contributed by atoms with Crippen molar-refractivity contribution in [2.45, 2.75) is 12.8 Å². The number of hydrogen-bond donors (Lipinski definition) is 0. The van der Waals surface area contributed by atoms with E-state index in [2.05, 4.69) is 5.92 Å². The summed E-state index contributed by atoms with van der Waals surface area (Å²) in [5.41, 5.74) is 2.11. The number of carbonyl (C=O) groups is 1. The third kappa shape index (κ3) is 4.12. The lowest BCUT2D eigenvalue weighted by molar-refractivity contribution is -0.134. The van der Waals surface area contributed by atoms with Crippen LogP contribution in [0.4, 0.5) is 0 Å². The standard InChI is InChI=1S/C18H16O3/c1-3-4-5-18(19)21-17-12-8-15(9-13-17)14-6-10-16(20-2)11-7-14/h1,6-13H,4-5H2,2H3. The summed E-state index contributed by atoms with van der Waals surface area (Å²) in [6, 6.07) is 15.1. The topological polar surface area (TPSA) is 35.5 Å². The Morgan fingerprint density at radius 3 is 2.00 bits per heavy atom. The zero-order valence-electron chi connectivity index (χ0n) is 11.8. The van der Waals surface area contributed by atoms with Gasteiger partial charge in [-0.2, -0.15) is 0 Å².